The van der Waals surface area contributed by atoms with E-state index in [1.54, 1.807) is 7.11 Å². The number of anilines is 1. The van der Waals surface area contributed by atoms with E-state index in [0.717, 1.165) is 16.1 Å². The van der Waals surface area contributed by atoms with Crippen molar-refractivity contribution in [3.05, 3.63) is 87.7 Å². The molecule has 1 aromatic heterocycles. The molecule has 0 saturated carbocycles. The number of benzene rings is 2. The van der Waals surface area contributed by atoms with Crippen LogP contribution in [0.4, 0.5) is 5.69 Å². The summed E-state index contributed by atoms with van der Waals surface area (Å²) in [5, 5.41) is 5.13. The number of hydrogen-bond donors (Lipinski definition) is 1. The van der Waals surface area contributed by atoms with Gasteiger partial charge in [-0.2, -0.15) is 0 Å². The Hall–Kier alpha value is -3.38. The smallest absolute Gasteiger partial charge is 0.278 e. The van der Waals surface area contributed by atoms with Crippen molar-refractivity contribution in [3.63, 3.8) is 0 Å². The fourth-order valence-corrected chi connectivity index (χ4v) is 4.45. The molecule has 164 valence electrons. The Kier molecular flexibility index (Phi) is 5.89. The van der Waals surface area contributed by atoms with E-state index in [2.05, 4.69) is 26.1 Å². The fourth-order valence-electron chi connectivity index (χ4n) is 3.69. The maximum Gasteiger partial charge on any atom is 0.278 e. The van der Waals surface area contributed by atoms with Crippen molar-refractivity contribution in [2.75, 3.05) is 12.4 Å². The van der Waals surface area contributed by atoms with Crippen molar-refractivity contribution < 1.29 is 14.3 Å². The largest absolute Gasteiger partial charge is 0.496 e. The Morgan fingerprint density at radius 3 is 2.28 bits per heavy atom. The number of hydrogen-bond acceptors (Lipinski definition) is 5. The minimum absolute atomic E-state index is 0.0324. The van der Waals surface area contributed by atoms with Crippen molar-refractivity contribution in [3.8, 4) is 5.75 Å². The SMILES string of the molecule is COc1ccccc1CN1C(=O)C(Nc2ccc(C(C)(C)C)cc2)=C(c2cccs2)C1=O. The van der Waals surface area contributed by atoms with Gasteiger partial charge in [0.05, 0.1) is 19.2 Å². The van der Waals surface area contributed by atoms with Gasteiger partial charge in [-0.3, -0.25) is 14.5 Å². The lowest BCUT2D eigenvalue weighted by Crippen LogP contribution is -2.32. The summed E-state index contributed by atoms with van der Waals surface area (Å²) in [5.41, 5.74) is 3.48. The highest BCUT2D eigenvalue weighted by Crippen LogP contribution is 2.35. The lowest BCUT2D eigenvalue weighted by atomic mass is 9.87. The Balaban J connectivity index is 1.68. The van der Waals surface area contributed by atoms with E-state index in [1.165, 1.54) is 21.8 Å². The molecular weight excluding hydrogens is 420 g/mol. The first-order valence-electron chi connectivity index (χ1n) is 10.4. The topological polar surface area (TPSA) is 58.6 Å². The van der Waals surface area contributed by atoms with Gasteiger partial charge in [-0.25, -0.2) is 0 Å². The van der Waals surface area contributed by atoms with Crippen LogP contribution in [-0.2, 0) is 21.5 Å². The summed E-state index contributed by atoms with van der Waals surface area (Å²) in [4.78, 5) is 28.8. The molecule has 0 bridgehead atoms. The van der Waals surface area contributed by atoms with Crippen LogP contribution in [0.15, 0.2) is 71.7 Å². The molecule has 0 spiro atoms. The highest BCUT2D eigenvalue weighted by atomic mass is 32.1. The molecule has 0 saturated heterocycles. The summed E-state index contributed by atoms with van der Waals surface area (Å²) in [7, 11) is 1.58. The highest BCUT2D eigenvalue weighted by Gasteiger charge is 2.40. The number of imide groups is 1. The normalized spacial score (nSPS) is 14.3. The molecule has 0 unspecified atom stereocenters. The predicted octanol–water partition coefficient (Wildman–Crippen LogP) is 5.45. The van der Waals surface area contributed by atoms with Gasteiger partial charge in [0.2, 0.25) is 0 Å². The molecule has 2 heterocycles. The van der Waals surface area contributed by atoms with Crippen LogP contribution in [-0.4, -0.2) is 23.8 Å². The number of nitrogens with one attached hydrogen (secondary N) is 1. The molecule has 2 aromatic carbocycles. The van der Waals surface area contributed by atoms with Gasteiger partial charge in [0.25, 0.3) is 11.8 Å². The monoisotopic (exact) mass is 446 g/mol. The molecule has 0 aliphatic carbocycles. The molecule has 0 atom stereocenters. The second kappa shape index (κ2) is 8.63. The number of amides is 2. The van der Waals surface area contributed by atoms with E-state index in [-0.39, 0.29) is 23.8 Å². The summed E-state index contributed by atoms with van der Waals surface area (Å²) >= 11 is 1.44. The number of carbonyl (C=O) groups is 2. The van der Waals surface area contributed by atoms with Crippen molar-refractivity contribution >= 4 is 34.4 Å². The Bertz CT molecular complexity index is 1170. The summed E-state index contributed by atoms with van der Waals surface area (Å²) in [6.07, 6.45) is 0. The third-order valence-corrected chi connectivity index (χ3v) is 6.36. The first-order chi connectivity index (χ1) is 15.3. The predicted molar refractivity (Wildman–Crippen MR) is 129 cm³/mol. The average molecular weight is 447 g/mol. The van der Waals surface area contributed by atoms with Gasteiger partial charge in [-0.15, -0.1) is 11.3 Å². The lowest BCUT2D eigenvalue weighted by molar-refractivity contribution is -0.137. The Morgan fingerprint density at radius 1 is 0.938 bits per heavy atom. The second-order valence-corrected chi connectivity index (χ2v) is 9.64. The van der Waals surface area contributed by atoms with Crippen molar-refractivity contribution in [1.29, 1.82) is 0 Å². The van der Waals surface area contributed by atoms with Crippen LogP contribution in [0.25, 0.3) is 5.57 Å². The number of methoxy groups -OCH3 is 1. The standard InChI is InChI=1S/C26H26N2O3S/c1-26(2,3)18-11-13-19(14-12-18)27-23-22(21-10-7-15-32-21)24(29)28(25(23)30)16-17-8-5-6-9-20(17)31-4/h5-15,27H,16H2,1-4H3. The van der Waals surface area contributed by atoms with Gasteiger partial charge in [0, 0.05) is 16.1 Å². The quantitative estimate of drug-likeness (QED) is 0.512. The van der Waals surface area contributed by atoms with Crippen molar-refractivity contribution in [1.82, 2.24) is 4.90 Å². The summed E-state index contributed by atoms with van der Waals surface area (Å²) in [5.74, 6) is -0.00803. The van der Waals surface area contributed by atoms with Crippen LogP contribution in [0.3, 0.4) is 0 Å². The molecule has 0 fully saturated rings. The summed E-state index contributed by atoms with van der Waals surface area (Å²) in [6, 6.07) is 19.1. The van der Waals surface area contributed by atoms with Gasteiger partial charge >= 0.3 is 0 Å². The van der Waals surface area contributed by atoms with E-state index in [9.17, 15) is 9.59 Å². The van der Waals surface area contributed by atoms with Crippen LogP contribution in [0.1, 0.15) is 36.8 Å². The Labute approximate surface area is 192 Å². The van der Waals surface area contributed by atoms with Crippen LogP contribution in [0, 0.1) is 0 Å². The third kappa shape index (κ3) is 4.18. The lowest BCUT2D eigenvalue weighted by Gasteiger charge is -2.19. The van der Waals surface area contributed by atoms with E-state index >= 15 is 0 Å². The number of para-hydroxylation sites is 1. The zero-order chi connectivity index (χ0) is 22.9. The van der Waals surface area contributed by atoms with Gasteiger partial charge in [0.15, 0.2) is 0 Å². The van der Waals surface area contributed by atoms with Crippen LogP contribution in [0.5, 0.6) is 5.75 Å². The van der Waals surface area contributed by atoms with E-state index in [1.807, 2.05) is 66.0 Å². The molecule has 2 amide bonds. The molecule has 32 heavy (non-hydrogen) atoms. The molecule has 4 rings (SSSR count). The third-order valence-electron chi connectivity index (χ3n) is 5.48. The zero-order valence-corrected chi connectivity index (χ0v) is 19.5. The second-order valence-electron chi connectivity index (χ2n) is 8.69. The maximum atomic E-state index is 13.4. The average Bonchev–Trinajstić information content (AvgIpc) is 3.37. The summed E-state index contributed by atoms with van der Waals surface area (Å²) < 4.78 is 5.41. The minimum atomic E-state index is -0.343. The molecule has 1 aliphatic rings. The molecule has 6 heteroatoms. The highest BCUT2D eigenvalue weighted by molar-refractivity contribution is 7.11. The van der Waals surface area contributed by atoms with E-state index < -0.39 is 0 Å². The van der Waals surface area contributed by atoms with E-state index in [0.29, 0.717) is 17.0 Å². The number of ether oxygens (including phenoxy) is 1. The van der Waals surface area contributed by atoms with Crippen molar-refractivity contribution in [2.24, 2.45) is 0 Å². The molecule has 0 radical (unpaired) electrons. The zero-order valence-electron chi connectivity index (χ0n) is 18.6. The fraction of sp³-hybridized carbons (Fsp3) is 0.231. The molecule has 1 N–H and O–H groups in total. The molecular formula is C26H26N2O3S. The first kappa shape index (κ1) is 21.8. The molecule has 5 nitrogen and oxygen atoms in total. The van der Waals surface area contributed by atoms with Crippen LogP contribution in [0.2, 0.25) is 0 Å². The first-order valence-corrected chi connectivity index (χ1v) is 11.3. The van der Waals surface area contributed by atoms with Gasteiger partial charge in [0.1, 0.15) is 11.4 Å². The van der Waals surface area contributed by atoms with Gasteiger partial charge in [-0.1, -0.05) is 57.2 Å². The maximum absolute atomic E-state index is 13.4. The molecule has 3 aromatic rings. The number of thiophene rings is 1. The molecule has 1 aliphatic heterocycles. The van der Waals surface area contributed by atoms with Gasteiger partial charge in [-0.05, 0) is 40.6 Å². The Morgan fingerprint density at radius 2 is 1.66 bits per heavy atom. The van der Waals surface area contributed by atoms with E-state index in [4.69, 9.17) is 4.74 Å². The number of carbonyl (C=O) groups excluding carboxylic acids is 2. The minimum Gasteiger partial charge on any atom is -0.496 e. The van der Waals surface area contributed by atoms with Crippen LogP contribution < -0.4 is 10.1 Å². The van der Waals surface area contributed by atoms with Crippen LogP contribution >= 0.6 is 11.3 Å². The summed E-state index contributed by atoms with van der Waals surface area (Å²) in [6.45, 7) is 6.61. The number of nitrogens with zero attached hydrogens (tertiary/aromatic N) is 1. The van der Waals surface area contributed by atoms with Gasteiger partial charge < -0.3 is 10.1 Å². The number of rotatable bonds is 6. The van der Waals surface area contributed by atoms with Crippen molar-refractivity contribution in [2.45, 2.75) is 32.7 Å².